The molecule has 5 heteroatoms. The smallest absolute Gasteiger partial charge is 0.412 e. The number of carbonyl (C=O) groups excluding carboxylic acids is 1. The van der Waals surface area contributed by atoms with E-state index in [-0.39, 0.29) is 6.61 Å². The van der Waals surface area contributed by atoms with E-state index < -0.39 is 6.09 Å². The molecule has 0 fully saturated rings. The fourth-order valence-electron chi connectivity index (χ4n) is 1.58. The van der Waals surface area contributed by atoms with Gasteiger partial charge in [-0.15, -0.1) is 0 Å². The lowest BCUT2D eigenvalue weighted by Crippen LogP contribution is -2.16. The number of amides is 1. The standard InChI is InChI=1S/C10H14N2O3.C7H16/c1-8-3-4-9(11-7-8)12-10(13)15-6-5-14-2;1-3-5-7-6-4-2/h3-4,7H,5-6H2,1-2H3,(H,11,12,13);3-7H2,1-2H3. The largest absolute Gasteiger partial charge is 0.447 e. The maximum Gasteiger partial charge on any atom is 0.412 e. The van der Waals surface area contributed by atoms with Gasteiger partial charge in [0.15, 0.2) is 0 Å². The number of nitrogens with one attached hydrogen (secondary N) is 1. The summed E-state index contributed by atoms with van der Waals surface area (Å²) in [4.78, 5) is 15.1. The molecule has 22 heavy (non-hydrogen) atoms. The SMILES string of the molecule is CCCCCCC.COCCOC(=O)Nc1ccc(C)cn1. The molecule has 1 heterocycles. The molecule has 0 aromatic carbocycles. The first kappa shape index (κ1) is 20.4. The van der Waals surface area contributed by atoms with Crippen molar-refractivity contribution in [2.24, 2.45) is 0 Å². The molecule has 0 aliphatic heterocycles. The van der Waals surface area contributed by atoms with Crippen molar-refractivity contribution in [1.29, 1.82) is 0 Å². The maximum atomic E-state index is 11.1. The number of aryl methyl sites for hydroxylation is 1. The van der Waals surface area contributed by atoms with Crippen molar-refractivity contribution in [3.05, 3.63) is 23.9 Å². The lowest BCUT2D eigenvalue weighted by Gasteiger charge is -2.05. The van der Waals surface area contributed by atoms with Crippen LogP contribution in [0.1, 0.15) is 51.5 Å². The molecular weight excluding hydrogens is 280 g/mol. The van der Waals surface area contributed by atoms with Gasteiger partial charge in [-0.2, -0.15) is 0 Å². The highest BCUT2D eigenvalue weighted by Gasteiger charge is 2.02. The van der Waals surface area contributed by atoms with E-state index in [2.05, 4.69) is 24.1 Å². The predicted octanol–water partition coefficient (Wildman–Crippen LogP) is 4.56. The number of hydrogen-bond donors (Lipinski definition) is 1. The van der Waals surface area contributed by atoms with Gasteiger partial charge in [0.1, 0.15) is 12.4 Å². The third-order valence-electron chi connectivity index (χ3n) is 2.87. The Labute approximate surface area is 134 Å². The molecule has 1 aromatic rings. The average Bonchev–Trinajstić information content (AvgIpc) is 2.51. The summed E-state index contributed by atoms with van der Waals surface area (Å²) in [5.41, 5.74) is 1.04. The molecular formula is C17H30N2O3. The topological polar surface area (TPSA) is 60.5 Å². The van der Waals surface area contributed by atoms with Gasteiger partial charge in [-0.25, -0.2) is 9.78 Å². The lowest BCUT2D eigenvalue weighted by molar-refractivity contribution is 0.107. The van der Waals surface area contributed by atoms with Gasteiger partial charge >= 0.3 is 6.09 Å². The van der Waals surface area contributed by atoms with Crippen LogP contribution in [0.25, 0.3) is 0 Å². The third-order valence-corrected chi connectivity index (χ3v) is 2.87. The quantitative estimate of drug-likeness (QED) is 0.715. The number of unbranched alkanes of at least 4 members (excludes halogenated alkanes) is 4. The minimum atomic E-state index is -0.525. The molecule has 1 N–H and O–H groups in total. The molecule has 5 nitrogen and oxygen atoms in total. The van der Waals surface area contributed by atoms with E-state index in [0.717, 1.165) is 5.56 Å². The van der Waals surface area contributed by atoms with E-state index in [1.54, 1.807) is 19.4 Å². The van der Waals surface area contributed by atoms with E-state index in [0.29, 0.717) is 12.4 Å². The normalized spacial score (nSPS) is 9.64. The van der Waals surface area contributed by atoms with Crippen molar-refractivity contribution in [2.75, 3.05) is 25.6 Å². The Balaban J connectivity index is 0.000000534. The van der Waals surface area contributed by atoms with Gasteiger partial charge in [-0.05, 0) is 18.6 Å². The summed E-state index contributed by atoms with van der Waals surface area (Å²) < 4.78 is 9.54. The zero-order valence-electron chi connectivity index (χ0n) is 14.4. The molecule has 0 aliphatic rings. The number of nitrogens with zero attached hydrogens (tertiary/aromatic N) is 1. The van der Waals surface area contributed by atoms with Crippen molar-refractivity contribution in [3.8, 4) is 0 Å². The molecule has 0 aliphatic carbocycles. The van der Waals surface area contributed by atoms with Crippen LogP contribution in [0.2, 0.25) is 0 Å². The number of pyridine rings is 1. The average molecular weight is 310 g/mol. The van der Waals surface area contributed by atoms with E-state index in [1.807, 2.05) is 13.0 Å². The Morgan fingerprint density at radius 1 is 1.14 bits per heavy atom. The number of aromatic nitrogens is 1. The van der Waals surface area contributed by atoms with Gasteiger partial charge in [-0.3, -0.25) is 5.32 Å². The Morgan fingerprint density at radius 2 is 1.82 bits per heavy atom. The number of ether oxygens (including phenoxy) is 2. The molecule has 0 spiro atoms. The fourth-order valence-corrected chi connectivity index (χ4v) is 1.58. The van der Waals surface area contributed by atoms with Gasteiger partial charge < -0.3 is 9.47 Å². The van der Waals surface area contributed by atoms with E-state index in [9.17, 15) is 4.79 Å². The van der Waals surface area contributed by atoms with Gasteiger partial charge in [0.25, 0.3) is 0 Å². The summed E-state index contributed by atoms with van der Waals surface area (Å²) in [6.07, 6.45) is 8.16. The first-order chi connectivity index (χ1) is 10.6. The van der Waals surface area contributed by atoms with E-state index >= 15 is 0 Å². The van der Waals surface area contributed by atoms with Crippen molar-refractivity contribution < 1.29 is 14.3 Å². The van der Waals surface area contributed by atoms with Crippen LogP contribution in [0.15, 0.2) is 18.3 Å². The summed E-state index contributed by atoms with van der Waals surface area (Å²) in [7, 11) is 1.54. The van der Waals surface area contributed by atoms with Crippen LogP contribution in [0, 0.1) is 6.92 Å². The van der Waals surface area contributed by atoms with Crippen LogP contribution in [0.3, 0.4) is 0 Å². The number of hydrogen-bond acceptors (Lipinski definition) is 4. The maximum absolute atomic E-state index is 11.1. The second kappa shape index (κ2) is 14.3. The lowest BCUT2D eigenvalue weighted by atomic mass is 10.2. The summed E-state index contributed by atoms with van der Waals surface area (Å²) in [6, 6.07) is 3.57. The van der Waals surface area contributed by atoms with Gasteiger partial charge in [-0.1, -0.05) is 52.0 Å². The summed E-state index contributed by atoms with van der Waals surface area (Å²) >= 11 is 0. The van der Waals surface area contributed by atoms with Crippen LogP contribution in [-0.4, -0.2) is 31.4 Å². The van der Waals surface area contributed by atoms with Crippen molar-refractivity contribution in [3.63, 3.8) is 0 Å². The van der Waals surface area contributed by atoms with Crippen LogP contribution < -0.4 is 5.32 Å². The zero-order valence-corrected chi connectivity index (χ0v) is 14.4. The van der Waals surface area contributed by atoms with Crippen LogP contribution in [-0.2, 0) is 9.47 Å². The molecule has 0 bridgehead atoms. The third kappa shape index (κ3) is 12.1. The Hall–Kier alpha value is -1.62. The number of rotatable bonds is 8. The monoisotopic (exact) mass is 310 g/mol. The minimum absolute atomic E-state index is 0.230. The molecule has 1 rings (SSSR count). The summed E-state index contributed by atoms with van der Waals surface area (Å²) in [5, 5.41) is 2.50. The highest BCUT2D eigenvalue weighted by molar-refractivity contribution is 5.83. The molecule has 0 saturated carbocycles. The predicted molar refractivity (Wildman–Crippen MR) is 90.3 cm³/mol. The summed E-state index contributed by atoms with van der Waals surface area (Å²) in [6.45, 7) is 7.03. The fraction of sp³-hybridized carbons (Fsp3) is 0.647. The zero-order chi connectivity index (χ0) is 16.6. The highest BCUT2D eigenvalue weighted by atomic mass is 16.6. The molecule has 0 unspecified atom stereocenters. The number of methoxy groups -OCH3 is 1. The van der Waals surface area contributed by atoms with E-state index in [1.165, 1.54) is 32.1 Å². The Kier molecular flexibility index (Phi) is 13.3. The Morgan fingerprint density at radius 3 is 2.32 bits per heavy atom. The summed E-state index contributed by atoms with van der Waals surface area (Å²) in [5.74, 6) is 0.475. The Bertz CT molecular complexity index is 376. The number of carbonyl (C=O) groups is 1. The van der Waals surface area contributed by atoms with Crippen molar-refractivity contribution in [2.45, 2.75) is 52.9 Å². The minimum Gasteiger partial charge on any atom is -0.447 e. The van der Waals surface area contributed by atoms with Crippen LogP contribution in [0.5, 0.6) is 0 Å². The molecule has 0 saturated heterocycles. The van der Waals surface area contributed by atoms with Gasteiger partial charge in [0, 0.05) is 13.3 Å². The molecule has 126 valence electrons. The number of anilines is 1. The first-order valence-corrected chi connectivity index (χ1v) is 7.99. The van der Waals surface area contributed by atoms with Gasteiger partial charge in [0.05, 0.1) is 6.61 Å². The van der Waals surface area contributed by atoms with Gasteiger partial charge in [0.2, 0.25) is 0 Å². The van der Waals surface area contributed by atoms with Crippen molar-refractivity contribution >= 4 is 11.9 Å². The second-order valence-electron chi connectivity index (χ2n) is 5.04. The van der Waals surface area contributed by atoms with Crippen LogP contribution in [0.4, 0.5) is 10.6 Å². The molecule has 1 amide bonds. The molecule has 0 radical (unpaired) electrons. The highest BCUT2D eigenvalue weighted by Crippen LogP contribution is 2.03. The van der Waals surface area contributed by atoms with Crippen LogP contribution >= 0.6 is 0 Å². The second-order valence-corrected chi connectivity index (χ2v) is 5.04. The molecule has 1 aromatic heterocycles. The van der Waals surface area contributed by atoms with E-state index in [4.69, 9.17) is 9.47 Å². The first-order valence-electron chi connectivity index (χ1n) is 7.99. The van der Waals surface area contributed by atoms with Crippen molar-refractivity contribution in [1.82, 2.24) is 4.98 Å². The molecule has 0 atom stereocenters.